The second-order valence-corrected chi connectivity index (χ2v) is 8.90. The largest absolute Gasteiger partial charge is 0.272 e. The fraction of sp³-hybridized carbons (Fsp3) is 0.0345. The van der Waals surface area contributed by atoms with Crippen molar-refractivity contribution in [3.8, 4) is 16.8 Å². The van der Waals surface area contributed by atoms with Gasteiger partial charge in [-0.1, -0.05) is 96.7 Å². The Morgan fingerprint density at radius 3 is 2.22 bits per heavy atom. The van der Waals surface area contributed by atoms with E-state index >= 15 is 0 Å². The Balaban J connectivity index is 1.27. The van der Waals surface area contributed by atoms with E-state index in [-0.39, 0.29) is 17.2 Å². The number of hydrogen-bond acceptors (Lipinski definition) is 5. The Bertz CT molecular complexity index is 1580. The number of rotatable bonds is 7. The number of nitrogens with one attached hydrogen (secondary N) is 1. The molecule has 0 spiro atoms. The molecule has 0 aliphatic heterocycles. The van der Waals surface area contributed by atoms with Gasteiger partial charge in [-0.15, -0.1) is 0 Å². The molecule has 0 radical (unpaired) electrons. The molecule has 0 bridgehead atoms. The lowest BCUT2D eigenvalue weighted by atomic mass is 10.0. The summed E-state index contributed by atoms with van der Waals surface area (Å²) >= 11 is 1.19. The molecule has 0 unspecified atom stereocenters. The molecule has 7 heteroatoms. The van der Waals surface area contributed by atoms with Crippen LogP contribution in [0.25, 0.3) is 27.7 Å². The van der Waals surface area contributed by atoms with Crippen LogP contribution >= 0.6 is 11.8 Å². The molecule has 1 aromatic heterocycles. The summed E-state index contributed by atoms with van der Waals surface area (Å²) in [6, 6.07) is 34.5. The van der Waals surface area contributed by atoms with Crippen LogP contribution in [0.5, 0.6) is 0 Å². The lowest BCUT2D eigenvalue weighted by molar-refractivity contribution is -0.118. The van der Waals surface area contributed by atoms with Crippen molar-refractivity contribution in [2.75, 3.05) is 5.75 Å². The summed E-state index contributed by atoms with van der Waals surface area (Å²) in [5.41, 5.74) is 6.79. The Hall–Kier alpha value is -4.49. The van der Waals surface area contributed by atoms with Crippen molar-refractivity contribution in [2.24, 2.45) is 5.10 Å². The molecule has 0 atom stereocenters. The molecular weight excluding hydrogens is 468 g/mol. The van der Waals surface area contributed by atoms with Crippen molar-refractivity contribution >= 4 is 34.8 Å². The topological polar surface area (TPSA) is 76.3 Å². The van der Waals surface area contributed by atoms with Crippen LogP contribution in [-0.4, -0.2) is 27.4 Å². The van der Waals surface area contributed by atoms with Crippen LogP contribution in [0.3, 0.4) is 0 Å². The van der Waals surface area contributed by atoms with E-state index in [4.69, 9.17) is 0 Å². The number of hydrogen-bond donors (Lipinski definition) is 1. The summed E-state index contributed by atoms with van der Waals surface area (Å²) in [4.78, 5) is 30.4. The van der Waals surface area contributed by atoms with Crippen molar-refractivity contribution < 1.29 is 4.79 Å². The molecule has 6 nitrogen and oxygen atoms in total. The molecule has 5 rings (SSSR count). The van der Waals surface area contributed by atoms with Crippen molar-refractivity contribution in [2.45, 2.75) is 5.16 Å². The molecule has 0 saturated heterocycles. The van der Waals surface area contributed by atoms with E-state index in [1.54, 1.807) is 18.3 Å². The minimum Gasteiger partial charge on any atom is -0.272 e. The van der Waals surface area contributed by atoms with Crippen LogP contribution in [0.1, 0.15) is 5.56 Å². The minimum atomic E-state index is -0.292. The zero-order valence-electron chi connectivity index (χ0n) is 19.2. The molecule has 176 valence electrons. The molecule has 5 aromatic rings. The quantitative estimate of drug-likeness (QED) is 0.145. The molecule has 1 amide bonds. The summed E-state index contributed by atoms with van der Waals surface area (Å²) < 4.78 is 1.54. The van der Waals surface area contributed by atoms with E-state index in [9.17, 15) is 9.59 Å². The zero-order chi connectivity index (χ0) is 24.7. The second-order valence-electron chi connectivity index (χ2n) is 7.96. The van der Waals surface area contributed by atoms with Gasteiger partial charge in [0.25, 0.3) is 11.5 Å². The van der Waals surface area contributed by atoms with Gasteiger partial charge in [0.1, 0.15) is 0 Å². The van der Waals surface area contributed by atoms with Gasteiger partial charge in [0.15, 0.2) is 5.16 Å². The monoisotopic (exact) mass is 490 g/mol. The van der Waals surface area contributed by atoms with E-state index in [1.807, 2.05) is 84.9 Å². The summed E-state index contributed by atoms with van der Waals surface area (Å²) in [6.45, 7) is 0. The fourth-order valence-corrected chi connectivity index (χ4v) is 4.55. The van der Waals surface area contributed by atoms with Gasteiger partial charge in [0.05, 0.1) is 28.6 Å². The maximum absolute atomic E-state index is 13.2. The molecular formula is C29H22N4O2S. The first-order chi connectivity index (χ1) is 17.7. The molecule has 1 heterocycles. The number of fused-ring (bicyclic) bond motifs is 1. The van der Waals surface area contributed by atoms with Crippen molar-refractivity contribution in [1.82, 2.24) is 15.0 Å². The summed E-state index contributed by atoms with van der Waals surface area (Å²) in [5.74, 6) is -0.235. The van der Waals surface area contributed by atoms with Gasteiger partial charge in [0.2, 0.25) is 0 Å². The number of benzene rings is 4. The average molecular weight is 491 g/mol. The maximum atomic E-state index is 13.2. The van der Waals surface area contributed by atoms with E-state index < -0.39 is 0 Å². The highest BCUT2D eigenvalue weighted by molar-refractivity contribution is 7.99. The van der Waals surface area contributed by atoms with E-state index in [2.05, 4.69) is 27.6 Å². The van der Waals surface area contributed by atoms with Crippen LogP contribution in [-0.2, 0) is 4.79 Å². The number of amides is 1. The van der Waals surface area contributed by atoms with Gasteiger partial charge in [-0.05, 0) is 41.0 Å². The van der Waals surface area contributed by atoms with Crippen LogP contribution in [0.4, 0.5) is 0 Å². The van der Waals surface area contributed by atoms with Crippen LogP contribution in [0.15, 0.2) is 124 Å². The molecule has 0 fully saturated rings. The molecule has 36 heavy (non-hydrogen) atoms. The molecule has 1 N–H and O–H groups in total. The first-order valence-electron chi connectivity index (χ1n) is 11.4. The van der Waals surface area contributed by atoms with Crippen LogP contribution < -0.4 is 11.0 Å². The van der Waals surface area contributed by atoms with Gasteiger partial charge in [-0.2, -0.15) is 5.10 Å². The van der Waals surface area contributed by atoms with Gasteiger partial charge in [-0.25, -0.2) is 10.4 Å². The summed E-state index contributed by atoms with van der Waals surface area (Å²) in [7, 11) is 0. The van der Waals surface area contributed by atoms with Gasteiger partial charge < -0.3 is 0 Å². The van der Waals surface area contributed by atoms with Crippen LogP contribution in [0.2, 0.25) is 0 Å². The highest BCUT2D eigenvalue weighted by atomic mass is 32.2. The van der Waals surface area contributed by atoms with Gasteiger partial charge >= 0.3 is 0 Å². The molecule has 0 aliphatic rings. The Morgan fingerprint density at radius 1 is 0.833 bits per heavy atom. The number of para-hydroxylation sites is 2. The van der Waals surface area contributed by atoms with E-state index in [0.29, 0.717) is 21.7 Å². The molecule has 4 aromatic carbocycles. The number of aromatic nitrogens is 2. The minimum absolute atomic E-state index is 0.0574. The number of carbonyl (C=O) groups is 1. The average Bonchev–Trinajstić information content (AvgIpc) is 2.93. The van der Waals surface area contributed by atoms with Crippen LogP contribution in [0, 0.1) is 0 Å². The van der Waals surface area contributed by atoms with Crippen molar-refractivity contribution in [3.63, 3.8) is 0 Å². The lowest BCUT2D eigenvalue weighted by Gasteiger charge is -2.12. The number of carbonyl (C=O) groups excluding carboxylic acids is 1. The Kier molecular flexibility index (Phi) is 7.00. The van der Waals surface area contributed by atoms with Crippen molar-refractivity contribution in [1.29, 1.82) is 0 Å². The molecule has 0 aliphatic carbocycles. The second kappa shape index (κ2) is 10.8. The third-order valence-corrected chi connectivity index (χ3v) is 6.45. The zero-order valence-corrected chi connectivity index (χ0v) is 20.1. The smallest absolute Gasteiger partial charge is 0.266 e. The fourth-order valence-electron chi connectivity index (χ4n) is 3.75. The lowest BCUT2D eigenvalue weighted by Crippen LogP contribution is -2.24. The van der Waals surface area contributed by atoms with E-state index in [0.717, 1.165) is 16.7 Å². The number of hydrazone groups is 1. The van der Waals surface area contributed by atoms with Gasteiger partial charge in [-0.3, -0.25) is 14.2 Å². The first-order valence-corrected chi connectivity index (χ1v) is 12.3. The first kappa shape index (κ1) is 23.3. The van der Waals surface area contributed by atoms with Gasteiger partial charge in [0, 0.05) is 0 Å². The maximum Gasteiger partial charge on any atom is 0.266 e. The highest BCUT2D eigenvalue weighted by Gasteiger charge is 2.14. The predicted octanol–water partition coefficient (Wildman–Crippen LogP) is 5.30. The standard InChI is InChI=1S/C29H22N4O2S/c34-27(32-30-19-21-15-17-23(18-16-21)22-9-3-1-4-10-22)20-36-29-31-26-14-8-7-13-25(26)28(35)33(29)24-11-5-2-6-12-24/h1-19H,20H2,(H,32,34). The molecule has 0 saturated carbocycles. The number of nitrogens with zero attached hydrogens (tertiary/aromatic N) is 3. The predicted molar refractivity (Wildman–Crippen MR) is 146 cm³/mol. The third-order valence-electron chi connectivity index (χ3n) is 5.51. The Morgan fingerprint density at radius 2 is 1.47 bits per heavy atom. The van der Waals surface area contributed by atoms with Crippen molar-refractivity contribution in [3.05, 3.63) is 125 Å². The SMILES string of the molecule is O=C(CSc1nc2ccccc2c(=O)n1-c1ccccc1)NN=Cc1ccc(-c2ccccc2)cc1. The Labute approximate surface area is 212 Å². The normalized spacial score (nSPS) is 11.1. The number of thioether (sulfide) groups is 1. The van der Waals surface area contributed by atoms with E-state index in [1.165, 1.54) is 16.3 Å². The highest BCUT2D eigenvalue weighted by Crippen LogP contribution is 2.21. The summed E-state index contributed by atoms with van der Waals surface area (Å²) in [5, 5.41) is 5.05. The third kappa shape index (κ3) is 5.26. The summed E-state index contributed by atoms with van der Waals surface area (Å²) in [6.07, 6.45) is 1.60.